The highest BCUT2D eigenvalue weighted by atomic mass is 35.5. The maximum Gasteiger partial charge on any atom is 0.255 e. The van der Waals surface area contributed by atoms with E-state index in [9.17, 15) is 4.79 Å². The van der Waals surface area contributed by atoms with Crippen molar-refractivity contribution in [3.63, 3.8) is 0 Å². The van der Waals surface area contributed by atoms with Crippen LogP contribution in [0.25, 0.3) is 0 Å². The molecule has 0 saturated heterocycles. The Balaban J connectivity index is 1.70. The van der Waals surface area contributed by atoms with Crippen LogP contribution in [-0.4, -0.2) is 32.1 Å². The number of amides is 1. The van der Waals surface area contributed by atoms with E-state index in [4.69, 9.17) is 21.1 Å². The number of nitrogens with one attached hydrogen (secondary N) is 1. The highest BCUT2D eigenvalue weighted by molar-refractivity contribution is 6.31. The van der Waals surface area contributed by atoms with Gasteiger partial charge in [0.1, 0.15) is 12.4 Å². The number of nitrogens with zero attached hydrogens (tertiary/aromatic N) is 2. The normalized spacial score (nSPS) is 10.3. The molecule has 1 heterocycles. The first kappa shape index (κ1) is 20.5. The molecule has 7 heteroatoms. The molecule has 0 unspecified atom stereocenters. The summed E-state index contributed by atoms with van der Waals surface area (Å²) in [6, 6.07) is 16.1. The summed E-state index contributed by atoms with van der Waals surface area (Å²) in [7, 11) is 5.34. The van der Waals surface area contributed by atoms with Crippen LogP contribution in [-0.2, 0) is 6.61 Å². The van der Waals surface area contributed by atoms with Crippen molar-refractivity contribution in [1.82, 2.24) is 4.98 Å². The fraction of sp³-hybridized carbons (Fsp3) is 0.182. The Hall–Kier alpha value is -3.25. The maximum absolute atomic E-state index is 12.6. The topological polar surface area (TPSA) is 63.7 Å². The molecule has 1 N–H and O–H groups in total. The molecule has 0 bridgehead atoms. The lowest BCUT2D eigenvalue weighted by molar-refractivity contribution is 0.102. The molecule has 150 valence electrons. The zero-order chi connectivity index (χ0) is 20.8. The second-order valence-electron chi connectivity index (χ2n) is 6.50. The molecular formula is C22H22ClN3O3. The van der Waals surface area contributed by atoms with E-state index in [1.54, 1.807) is 30.5 Å². The van der Waals surface area contributed by atoms with Crippen molar-refractivity contribution in [3.05, 3.63) is 76.9 Å². The van der Waals surface area contributed by atoms with E-state index in [1.807, 2.05) is 49.3 Å². The minimum atomic E-state index is -0.264. The van der Waals surface area contributed by atoms with E-state index in [0.717, 1.165) is 11.4 Å². The number of hydrogen-bond acceptors (Lipinski definition) is 5. The monoisotopic (exact) mass is 411 g/mol. The number of ether oxygens (including phenoxy) is 2. The molecule has 1 aromatic heterocycles. The van der Waals surface area contributed by atoms with Crippen molar-refractivity contribution in [2.45, 2.75) is 6.61 Å². The lowest BCUT2D eigenvalue weighted by Crippen LogP contribution is -2.14. The van der Waals surface area contributed by atoms with Crippen LogP contribution in [0, 0.1) is 0 Å². The van der Waals surface area contributed by atoms with E-state index < -0.39 is 0 Å². The third-order valence-electron chi connectivity index (χ3n) is 4.23. The number of pyridine rings is 1. The molecule has 0 atom stereocenters. The third-order valence-corrected chi connectivity index (χ3v) is 4.60. The minimum Gasteiger partial charge on any atom is -0.493 e. The summed E-state index contributed by atoms with van der Waals surface area (Å²) >= 11 is 6.16. The van der Waals surface area contributed by atoms with Gasteiger partial charge in [-0.25, -0.2) is 4.98 Å². The summed E-state index contributed by atoms with van der Waals surface area (Å²) in [5.41, 5.74) is 1.92. The number of rotatable bonds is 7. The standard InChI is InChI=1S/C22H22ClN3O3/c1-26(2)21-11-9-17(13-24-21)25-22(27)15-8-10-19(20(12-15)28-3)29-14-16-6-4-5-7-18(16)23/h4-13H,14H2,1-3H3,(H,25,27). The molecule has 0 spiro atoms. The first-order chi connectivity index (χ1) is 14.0. The fourth-order valence-electron chi connectivity index (χ4n) is 2.63. The molecular weight excluding hydrogens is 390 g/mol. The van der Waals surface area contributed by atoms with Gasteiger partial charge in [-0.2, -0.15) is 0 Å². The van der Waals surface area contributed by atoms with Gasteiger partial charge in [-0.05, 0) is 36.4 Å². The number of halogens is 1. The van der Waals surface area contributed by atoms with E-state index in [2.05, 4.69) is 10.3 Å². The third kappa shape index (κ3) is 5.18. The van der Waals surface area contributed by atoms with Crippen LogP contribution in [0.3, 0.4) is 0 Å². The zero-order valence-corrected chi connectivity index (χ0v) is 17.2. The van der Waals surface area contributed by atoms with Crippen LogP contribution >= 0.6 is 11.6 Å². The van der Waals surface area contributed by atoms with Crippen molar-refractivity contribution in [1.29, 1.82) is 0 Å². The van der Waals surface area contributed by atoms with Crippen molar-refractivity contribution < 1.29 is 14.3 Å². The van der Waals surface area contributed by atoms with Crippen molar-refractivity contribution >= 4 is 29.0 Å². The summed E-state index contributed by atoms with van der Waals surface area (Å²) in [5, 5.41) is 3.46. The van der Waals surface area contributed by atoms with Crippen LogP contribution in [0.2, 0.25) is 5.02 Å². The van der Waals surface area contributed by atoms with Crippen molar-refractivity contribution in [3.8, 4) is 11.5 Å². The van der Waals surface area contributed by atoms with Crippen LogP contribution in [0.15, 0.2) is 60.8 Å². The molecule has 2 aromatic carbocycles. The summed E-state index contributed by atoms with van der Waals surface area (Å²) in [6.07, 6.45) is 1.62. The molecule has 6 nitrogen and oxygen atoms in total. The minimum absolute atomic E-state index is 0.264. The van der Waals surface area contributed by atoms with Crippen molar-refractivity contribution in [2.75, 3.05) is 31.4 Å². The van der Waals surface area contributed by atoms with E-state index in [0.29, 0.717) is 34.4 Å². The quantitative estimate of drug-likeness (QED) is 0.613. The van der Waals surface area contributed by atoms with Gasteiger partial charge < -0.3 is 19.7 Å². The summed E-state index contributed by atoms with van der Waals surface area (Å²) in [6.45, 7) is 0.297. The molecule has 0 fully saturated rings. The zero-order valence-electron chi connectivity index (χ0n) is 16.5. The number of methoxy groups -OCH3 is 1. The van der Waals surface area contributed by atoms with E-state index >= 15 is 0 Å². The Morgan fingerprint density at radius 1 is 1.10 bits per heavy atom. The lowest BCUT2D eigenvalue weighted by Gasteiger charge is -2.14. The van der Waals surface area contributed by atoms with Gasteiger partial charge in [0, 0.05) is 30.2 Å². The first-order valence-corrected chi connectivity index (χ1v) is 9.34. The number of carbonyl (C=O) groups excluding carboxylic acids is 1. The van der Waals surface area contributed by atoms with Gasteiger partial charge in [0.15, 0.2) is 11.5 Å². The Morgan fingerprint density at radius 2 is 1.90 bits per heavy atom. The van der Waals surface area contributed by atoms with Gasteiger partial charge in [-0.1, -0.05) is 29.8 Å². The van der Waals surface area contributed by atoms with Crippen LogP contribution in [0.5, 0.6) is 11.5 Å². The Labute approximate surface area is 175 Å². The number of carbonyl (C=O) groups is 1. The molecule has 29 heavy (non-hydrogen) atoms. The summed E-state index contributed by atoms with van der Waals surface area (Å²) in [4.78, 5) is 18.7. The van der Waals surface area contributed by atoms with Gasteiger partial charge >= 0.3 is 0 Å². The lowest BCUT2D eigenvalue weighted by atomic mass is 10.2. The number of hydrogen-bond donors (Lipinski definition) is 1. The predicted molar refractivity (Wildman–Crippen MR) is 115 cm³/mol. The Morgan fingerprint density at radius 3 is 2.55 bits per heavy atom. The maximum atomic E-state index is 12.6. The highest BCUT2D eigenvalue weighted by Crippen LogP contribution is 2.30. The molecule has 3 rings (SSSR count). The molecule has 3 aromatic rings. The van der Waals surface area contributed by atoms with Gasteiger partial charge in [0.25, 0.3) is 5.91 Å². The van der Waals surface area contributed by atoms with Crippen LogP contribution < -0.4 is 19.7 Å². The van der Waals surface area contributed by atoms with Gasteiger partial charge in [-0.15, -0.1) is 0 Å². The molecule has 0 radical (unpaired) electrons. The SMILES string of the molecule is COc1cc(C(=O)Nc2ccc(N(C)C)nc2)ccc1OCc1ccccc1Cl. The van der Waals surface area contributed by atoms with Crippen molar-refractivity contribution in [2.24, 2.45) is 0 Å². The highest BCUT2D eigenvalue weighted by Gasteiger charge is 2.12. The van der Waals surface area contributed by atoms with Crippen LogP contribution in [0.1, 0.15) is 15.9 Å². The van der Waals surface area contributed by atoms with Gasteiger partial charge in [0.05, 0.1) is 19.0 Å². The molecule has 1 amide bonds. The Kier molecular flexibility index (Phi) is 6.57. The number of benzene rings is 2. The average molecular weight is 412 g/mol. The predicted octanol–water partition coefficient (Wildman–Crippen LogP) is 4.64. The average Bonchev–Trinajstić information content (AvgIpc) is 2.73. The Bertz CT molecular complexity index is 991. The first-order valence-electron chi connectivity index (χ1n) is 8.97. The molecule has 0 aliphatic heterocycles. The number of aromatic nitrogens is 1. The summed E-state index contributed by atoms with van der Waals surface area (Å²) < 4.78 is 11.2. The van der Waals surface area contributed by atoms with Gasteiger partial charge in [0.2, 0.25) is 0 Å². The number of anilines is 2. The molecule has 0 aliphatic carbocycles. The largest absolute Gasteiger partial charge is 0.493 e. The van der Waals surface area contributed by atoms with E-state index in [-0.39, 0.29) is 5.91 Å². The second kappa shape index (κ2) is 9.30. The van der Waals surface area contributed by atoms with Gasteiger partial charge in [-0.3, -0.25) is 4.79 Å². The summed E-state index contributed by atoms with van der Waals surface area (Å²) in [5.74, 6) is 1.54. The van der Waals surface area contributed by atoms with Crippen LogP contribution in [0.4, 0.5) is 11.5 Å². The molecule has 0 aliphatic rings. The van der Waals surface area contributed by atoms with E-state index in [1.165, 1.54) is 7.11 Å². The second-order valence-corrected chi connectivity index (χ2v) is 6.91. The fourth-order valence-corrected chi connectivity index (χ4v) is 2.82. The smallest absolute Gasteiger partial charge is 0.255 e. The molecule has 0 saturated carbocycles.